The molecule has 0 aliphatic rings. The van der Waals surface area contributed by atoms with Gasteiger partial charge in [0.1, 0.15) is 0 Å². The Morgan fingerprint density at radius 1 is 1.43 bits per heavy atom. The Labute approximate surface area is 99.4 Å². The zero-order valence-corrected chi connectivity index (χ0v) is 10.4. The number of benzene rings is 1. The monoisotopic (exact) mass is 299 g/mol. The molecule has 74 valence electrons. The van der Waals surface area contributed by atoms with Crippen LogP contribution < -0.4 is 5.32 Å². The van der Waals surface area contributed by atoms with E-state index in [1.54, 1.807) is 0 Å². The molecule has 0 saturated heterocycles. The maximum Gasteiger partial charge on any atom is 0.0238 e. The largest absolute Gasteiger partial charge is 0.309 e. The minimum absolute atomic E-state index is 0.388. The van der Waals surface area contributed by atoms with Crippen LogP contribution >= 0.6 is 22.6 Å². The molecule has 1 nitrogen and oxygen atoms in total. The molecule has 0 fully saturated rings. The van der Waals surface area contributed by atoms with Crippen molar-refractivity contribution >= 4 is 22.6 Å². The van der Waals surface area contributed by atoms with Gasteiger partial charge in [0.05, 0.1) is 0 Å². The molecule has 1 aromatic rings. The summed E-state index contributed by atoms with van der Waals surface area (Å²) in [6.45, 7) is 2.99. The number of terminal acetylenes is 1. The van der Waals surface area contributed by atoms with Crippen LogP contribution in [0.3, 0.4) is 0 Å². The summed E-state index contributed by atoms with van der Waals surface area (Å²) in [5, 5.41) is 3.37. The average molecular weight is 299 g/mol. The van der Waals surface area contributed by atoms with Crippen LogP contribution in [-0.2, 0) is 6.54 Å². The maximum atomic E-state index is 5.23. The molecule has 1 rings (SSSR count). The smallest absolute Gasteiger partial charge is 0.0238 e. The summed E-state index contributed by atoms with van der Waals surface area (Å²) in [5.74, 6) is 2.65. The van der Waals surface area contributed by atoms with Crippen molar-refractivity contribution < 1.29 is 0 Å². The van der Waals surface area contributed by atoms with E-state index in [2.05, 4.69) is 65.0 Å². The lowest BCUT2D eigenvalue weighted by Gasteiger charge is -2.10. The number of hydrogen-bond acceptors (Lipinski definition) is 1. The van der Waals surface area contributed by atoms with E-state index in [9.17, 15) is 0 Å². The van der Waals surface area contributed by atoms with Gasteiger partial charge in [0, 0.05) is 22.6 Å². The molecule has 1 aromatic carbocycles. The second-order valence-electron chi connectivity index (χ2n) is 3.32. The summed E-state index contributed by atoms with van der Waals surface area (Å²) in [7, 11) is 0. The number of nitrogens with one attached hydrogen (secondary N) is 1. The molecule has 14 heavy (non-hydrogen) atoms. The molecular weight excluding hydrogens is 285 g/mol. The van der Waals surface area contributed by atoms with Gasteiger partial charge in [0.25, 0.3) is 0 Å². The first-order valence-corrected chi connectivity index (χ1v) is 5.71. The van der Waals surface area contributed by atoms with Crippen molar-refractivity contribution in [2.45, 2.75) is 25.9 Å². The first kappa shape index (κ1) is 11.5. The molecule has 0 saturated carbocycles. The van der Waals surface area contributed by atoms with E-state index < -0.39 is 0 Å². The van der Waals surface area contributed by atoms with Crippen molar-refractivity contribution in [1.29, 1.82) is 0 Å². The van der Waals surface area contributed by atoms with E-state index in [1.807, 2.05) is 0 Å². The Bertz CT molecular complexity index is 310. The quantitative estimate of drug-likeness (QED) is 0.666. The number of halogens is 1. The molecule has 0 amide bonds. The minimum atomic E-state index is 0.388. The predicted molar refractivity (Wildman–Crippen MR) is 68.9 cm³/mol. The summed E-state index contributed by atoms with van der Waals surface area (Å²) in [6, 6.07) is 8.89. The third-order valence-corrected chi connectivity index (χ3v) is 2.71. The molecule has 2 heteroatoms. The van der Waals surface area contributed by atoms with Crippen LogP contribution in [0.25, 0.3) is 0 Å². The third-order valence-electron chi connectivity index (χ3n) is 1.99. The van der Waals surface area contributed by atoms with Crippen molar-refractivity contribution in [3.63, 3.8) is 0 Å². The van der Waals surface area contributed by atoms with Crippen molar-refractivity contribution in [3.8, 4) is 12.3 Å². The van der Waals surface area contributed by atoms with Gasteiger partial charge in [-0.1, -0.05) is 12.1 Å². The highest BCUT2D eigenvalue weighted by atomic mass is 127. The fourth-order valence-electron chi connectivity index (χ4n) is 1.14. The zero-order valence-electron chi connectivity index (χ0n) is 8.26. The average Bonchev–Trinajstić information content (AvgIpc) is 2.17. The molecule has 0 heterocycles. The van der Waals surface area contributed by atoms with Gasteiger partial charge in [0.2, 0.25) is 0 Å². The van der Waals surface area contributed by atoms with Gasteiger partial charge >= 0.3 is 0 Å². The van der Waals surface area contributed by atoms with Crippen molar-refractivity contribution in [2.24, 2.45) is 0 Å². The predicted octanol–water partition coefficient (Wildman–Crippen LogP) is 2.79. The Hall–Kier alpha value is -0.530. The first-order valence-electron chi connectivity index (χ1n) is 4.63. The molecule has 0 aliphatic heterocycles. The topological polar surface area (TPSA) is 12.0 Å². The van der Waals surface area contributed by atoms with Crippen LogP contribution in [-0.4, -0.2) is 6.04 Å². The van der Waals surface area contributed by atoms with Gasteiger partial charge in [-0.15, -0.1) is 12.3 Å². The van der Waals surface area contributed by atoms with Crippen LogP contribution in [0.4, 0.5) is 0 Å². The number of hydrogen-bond donors (Lipinski definition) is 1. The molecule has 0 bridgehead atoms. The van der Waals surface area contributed by atoms with Gasteiger partial charge in [0.15, 0.2) is 0 Å². The standard InChI is InChI=1S/C12H14IN/c1-3-4-10(2)14-9-11-5-7-12(13)8-6-11/h1,5-8,10,14H,4,9H2,2H3. The van der Waals surface area contributed by atoms with Crippen LogP contribution in [0.2, 0.25) is 0 Å². The van der Waals surface area contributed by atoms with Gasteiger partial charge in [-0.3, -0.25) is 0 Å². The van der Waals surface area contributed by atoms with Gasteiger partial charge in [-0.2, -0.15) is 0 Å². The highest BCUT2D eigenvalue weighted by Gasteiger charge is 1.98. The van der Waals surface area contributed by atoms with Crippen LogP contribution in [0.1, 0.15) is 18.9 Å². The molecule has 1 unspecified atom stereocenters. The van der Waals surface area contributed by atoms with Gasteiger partial charge in [-0.05, 0) is 47.2 Å². The number of rotatable bonds is 4. The summed E-state index contributed by atoms with van der Waals surface area (Å²) in [5.41, 5.74) is 1.30. The van der Waals surface area contributed by atoms with E-state index in [4.69, 9.17) is 6.42 Å². The van der Waals surface area contributed by atoms with E-state index in [0.717, 1.165) is 13.0 Å². The van der Waals surface area contributed by atoms with E-state index in [1.165, 1.54) is 9.13 Å². The van der Waals surface area contributed by atoms with Gasteiger partial charge in [-0.25, -0.2) is 0 Å². The second kappa shape index (κ2) is 6.05. The normalized spacial score (nSPS) is 12.1. The fourth-order valence-corrected chi connectivity index (χ4v) is 1.50. The third kappa shape index (κ3) is 4.12. The first-order chi connectivity index (χ1) is 6.72. The fraction of sp³-hybridized carbons (Fsp3) is 0.333. The molecule has 1 N–H and O–H groups in total. The van der Waals surface area contributed by atoms with Crippen LogP contribution in [0.15, 0.2) is 24.3 Å². The van der Waals surface area contributed by atoms with Crippen molar-refractivity contribution in [1.82, 2.24) is 5.32 Å². The minimum Gasteiger partial charge on any atom is -0.309 e. The molecule has 0 aliphatic carbocycles. The van der Waals surface area contributed by atoms with Crippen molar-refractivity contribution in [2.75, 3.05) is 0 Å². The van der Waals surface area contributed by atoms with Crippen molar-refractivity contribution in [3.05, 3.63) is 33.4 Å². The van der Waals surface area contributed by atoms with E-state index >= 15 is 0 Å². The Balaban J connectivity index is 2.39. The van der Waals surface area contributed by atoms with E-state index in [-0.39, 0.29) is 0 Å². The molecule has 0 radical (unpaired) electrons. The Kier molecular flexibility index (Phi) is 4.99. The second-order valence-corrected chi connectivity index (χ2v) is 4.56. The molecule has 0 spiro atoms. The summed E-state index contributed by atoms with van der Waals surface area (Å²) in [4.78, 5) is 0. The highest BCUT2D eigenvalue weighted by Crippen LogP contribution is 2.06. The lowest BCUT2D eigenvalue weighted by Crippen LogP contribution is -2.24. The summed E-state index contributed by atoms with van der Waals surface area (Å²) < 4.78 is 1.27. The summed E-state index contributed by atoms with van der Waals surface area (Å²) in [6.07, 6.45) is 6.01. The van der Waals surface area contributed by atoms with Gasteiger partial charge < -0.3 is 5.32 Å². The Morgan fingerprint density at radius 2 is 2.07 bits per heavy atom. The molecule has 1 atom stereocenters. The zero-order chi connectivity index (χ0) is 10.4. The SMILES string of the molecule is C#CCC(C)NCc1ccc(I)cc1. The molecular formula is C12H14IN. The summed E-state index contributed by atoms with van der Waals surface area (Å²) >= 11 is 2.30. The molecule has 0 aromatic heterocycles. The van der Waals surface area contributed by atoms with E-state index in [0.29, 0.717) is 6.04 Å². The highest BCUT2D eigenvalue weighted by molar-refractivity contribution is 14.1. The van der Waals surface area contributed by atoms with Crippen LogP contribution in [0.5, 0.6) is 0 Å². The maximum absolute atomic E-state index is 5.23. The lowest BCUT2D eigenvalue weighted by atomic mass is 10.2. The lowest BCUT2D eigenvalue weighted by molar-refractivity contribution is 0.559. The Morgan fingerprint density at radius 3 is 2.64 bits per heavy atom. The van der Waals surface area contributed by atoms with Crippen LogP contribution in [0, 0.1) is 15.9 Å².